The maximum absolute atomic E-state index is 6.03. The Morgan fingerprint density at radius 1 is 1.14 bits per heavy atom. The Labute approximate surface area is 134 Å². The molecule has 21 heavy (non-hydrogen) atoms. The zero-order valence-corrected chi connectivity index (χ0v) is 14.1. The first kappa shape index (κ1) is 15.9. The van der Waals surface area contributed by atoms with Crippen LogP contribution in [0.1, 0.15) is 25.5 Å². The first-order valence-electron chi connectivity index (χ1n) is 7.01. The molecule has 2 rings (SSSR count). The third-order valence-corrected chi connectivity index (χ3v) is 3.71. The van der Waals surface area contributed by atoms with Crippen molar-refractivity contribution in [1.29, 1.82) is 0 Å². The van der Waals surface area contributed by atoms with Gasteiger partial charge in [-0.3, -0.25) is 0 Å². The second-order valence-corrected chi connectivity index (χ2v) is 5.62. The molecule has 112 valence electrons. The molecule has 0 amide bonds. The van der Waals surface area contributed by atoms with Crippen molar-refractivity contribution in [3.8, 4) is 17.2 Å². The first-order valence-corrected chi connectivity index (χ1v) is 7.80. The highest BCUT2D eigenvalue weighted by atomic mass is 79.9. The molecule has 0 heterocycles. The van der Waals surface area contributed by atoms with Crippen LogP contribution in [0.25, 0.3) is 0 Å². The van der Waals surface area contributed by atoms with E-state index >= 15 is 0 Å². The first-order chi connectivity index (χ1) is 10.1. The third-order valence-electron chi connectivity index (χ3n) is 3.22. The standard InChI is InChI=1S/C17H20BrNO2/c1-4-20-14-6-5-7-15(11-14)21-17-9-8-13(18)10-16(17)12(2)19-3/h5-12,19H,4H2,1-3H3. The molecule has 0 aromatic heterocycles. The maximum Gasteiger partial charge on any atom is 0.132 e. The summed E-state index contributed by atoms with van der Waals surface area (Å²) in [7, 11) is 1.94. The van der Waals surface area contributed by atoms with E-state index in [1.165, 1.54) is 0 Å². The number of benzene rings is 2. The number of hydrogen-bond acceptors (Lipinski definition) is 3. The Morgan fingerprint density at radius 2 is 1.90 bits per heavy atom. The minimum absolute atomic E-state index is 0.201. The van der Waals surface area contributed by atoms with Crippen LogP contribution < -0.4 is 14.8 Å². The molecule has 3 nitrogen and oxygen atoms in total. The van der Waals surface area contributed by atoms with Crippen LogP contribution >= 0.6 is 15.9 Å². The summed E-state index contributed by atoms with van der Waals surface area (Å²) in [5.74, 6) is 2.43. The molecular formula is C17H20BrNO2. The van der Waals surface area contributed by atoms with Gasteiger partial charge in [0.05, 0.1) is 6.61 Å². The lowest BCUT2D eigenvalue weighted by molar-refractivity contribution is 0.338. The Bertz CT molecular complexity index is 601. The zero-order valence-electron chi connectivity index (χ0n) is 12.5. The van der Waals surface area contributed by atoms with Gasteiger partial charge in [-0.05, 0) is 51.2 Å². The van der Waals surface area contributed by atoms with Crippen LogP contribution in [0.5, 0.6) is 17.2 Å². The van der Waals surface area contributed by atoms with Crippen molar-refractivity contribution in [2.75, 3.05) is 13.7 Å². The minimum Gasteiger partial charge on any atom is -0.494 e. The molecule has 0 saturated carbocycles. The Hall–Kier alpha value is -1.52. The molecule has 0 aliphatic heterocycles. The Morgan fingerprint density at radius 3 is 2.62 bits per heavy atom. The van der Waals surface area contributed by atoms with Crippen molar-refractivity contribution < 1.29 is 9.47 Å². The second kappa shape index (κ2) is 7.48. The molecule has 1 atom stereocenters. The average molecular weight is 350 g/mol. The summed E-state index contributed by atoms with van der Waals surface area (Å²) in [6.45, 7) is 4.71. The van der Waals surface area contributed by atoms with Crippen LogP contribution in [0.2, 0.25) is 0 Å². The lowest BCUT2D eigenvalue weighted by Gasteiger charge is -2.17. The molecule has 1 unspecified atom stereocenters. The molecule has 4 heteroatoms. The zero-order chi connectivity index (χ0) is 15.2. The fourth-order valence-electron chi connectivity index (χ4n) is 2.03. The fraction of sp³-hybridized carbons (Fsp3) is 0.294. The Kier molecular flexibility index (Phi) is 5.65. The summed E-state index contributed by atoms with van der Waals surface area (Å²) < 4.78 is 12.6. The summed E-state index contributed by atoms with van der Waals surface area (Å²) in [4.78, 5) is 0. The molecule has 2 aromatic rings. The minimum atomic E-state index is 0.201. The van der Waals surface area contributed by atoms with Gasteiger partial charge in [-0.1, -0.05) is 22.0 Å². The van der Waals surface area contributed by atoms with Crippen LogP contribution in [0.4, 0.5) is 0 Å². The third kappa shape index (κ3) is 4.22. The number of halogens is 1. The van der Waals surface area contributed by atoms with E-state index in [2.05, 4.69) is 34.2 Å². The van der Waals surface area contributed by atoms with Gasteiger partial charge in [0.2, 0.25) is 0 Å². The van der Waals surface area contributed by atoms with Gasteiger partial charge in [0.1, 0.15) is 17.2 Å². The largest absolute Gasteiger partial charge is 0.494 e. The van der Waals surface area contributed by atoms with E-state index in [4.69, 9.17) is 9.47 Å². The van der Waals surface area contributed by atoms with E-state index in [9.17, 15) is 0 Å². The average Bonchev–Trinajstić information content (AvgIpc) is 2.49. The summed E-state index contributed by atoms with van der Waals surface area (Å²) in [5.41, 5.74) is 1.11. The van der Waals surface area contributed by atoms with Gasteiger partial charge in [0, 0.05) is 22.1 Å². The van der Waals surface area contributed by atoms with Crippen molar-refractivity contribution >= 4 is 15.9 Å². The summed E-state index contributed by atoms with van der Waals surface area (Å²) in [6, 6.07) is 13.9. The highest BCUT2D eigenvalue weighted by molar-refractivity contribution is 9.10. The maximum atomic E-state index is 6.03. The van der Waals surface area contributed by atoms with E-state index in [1.807, 2.05) is 50.4 Å². The van der Waals surface area contributed by atoms with Gasteiger partial charge in [-0.2, -0.15) is 0 Å². The van der Waals surface area contributed by atoms with Crippen molar-refractivity contribution in [3.63, 3.8) is 0 Å². The summed E-state index contributed by atoms with van der Waals surface area (Å²) >= 11 is 3.51. The Balaban J connectivity index is 2.28. The molecule has 1 N–H and O–H groups in total. The SMILES string of the molecule is CCOc1cccc(Oc2ccc(Br)cc2C(C)NC)c1. The van der Waals surface area contributed by atoms with Crippen molar-refractivity contribution in [2.45, 2.75) is 19.9 Å². The quantitative estimate of drug-likeness (QED) is 0.802. The van der Waals surface area contributed by atoms with E-state index in [0.29, 0.717) is 6.61 Å². The molecule has 0 spiro atoms. The molecule has 0 saturated heterocycles. The molecule has 0 fully saturated rings. The lowest BCUT2D eigenvalue weighted by Crippen LogP contribution is -2.13. The second-order valence-electron chi connectivity index (χ2n) is 4.70. The van der Waals surface area contributed by atoms with E-state index in [-0.39, 0.29) is 6.04 Å². The topological polar surface area (TPSA) is 30.5 Å². The van der Waals surface area contributed by atoms with Crippen molar-refractivity contribution in [3.05, 3.63) is 52.5 Å². The molecular weight excluding hydrogens is 330 g/mol. The van der Waals surface area contributed by atoms with E-state index in [1.54, 1.807) is 0 Å². The lowest BCUT2D eigenvalue weighted by atomic mass is 10.1. The predicted molar refractivity (Wildman–Crippen MR) is 89.3 cm³/mol. The van der Waals surface area contributed by atoms with E-state index < -0.39 is 0 Å². The van der Waals surface area contributed by atoms with E-state index in [0.717, 1.165) is 27.3 Å². The highest BCUT2D eigenvalue weighted by Gasteiger charge is 2.12. The van der Waals surface area contributed by atoms with Crippen LogP contribution in [-0.2, 0) is 0 Å². The van der Waals surface area contributed by atoms with Gasteiger partial charge < -0.3 is 14.8 Å². The van der Waals surface area contributed by atoms with Gasteiger partial charge in [-0.25, -0.2) is 0 Å². The van der Waals surface area contributed by atoms with Gasteiger partial charge in [0.15, 0.2) is 0 Å². The fourth-order valence-corrected chi connectivity index (χ4v) is 2.41. The number of nitrogens with one attached hydrogen (secondary N) is 1. The smallest absolute Gasteiger partial charge is 0.132 e. The molecule has 0 radical (unpaired) electrons. The predicted octanol–water partition coefficient (Wildman–Crippen LogP) is 4.92. The highest BCUT2D eigenvalue weighted by Crippen LogP contribution is 2.33. The normalized spacial score (nSPS) is 12.0. The van der Waals surface area contributed by atoms with Crippen LogP contribution in [0.3, 0.4) is 0 Å². The van der Waals surface area contributed by atoms with Gasteiger partial charge in [-0.15, -0.1) is 0 Å². The number of hydrogen-bond donors (Lipinski definition) is 1. The van der Waals surface area contributed by atoms with Crippen molar-refractivity contribution in [1.82, 2.24) is 5.32 Å². The molecule has 0 aliphatic carbocycles. The van der Waals surface area contributed by atoms with Crippen LogP contribution in [0, 0.1) is 0 Å². The number of rotatable bonds is 6. The number of ether oxygens (including phenoxy) is 2. The molecule has 0 aliphatic rings. The van der Waals surface area contributed by atoms with Gasteiger partial charge >= 0.3 is 0 Å². The summed E-state index contributed by atoms with van der Waals surface area (Å²) in [5, 5.41) is 3.24. The molecule has 0 bridgehead atoms. The van der Waals surface area contributed by atoms with Crippen molar-refractivity contribution in [2.24, 2.45) is 0 Å². The monoisotopic (exact) mass is 349 g/mol. The van der Waals surface area contributed by atoms with Gasteiger partial charge in [0.25, 0.3) is 0 Å². The molecule has 2 aromatic carbocycles. The summed E-state index contributed by atoms with van der Waals surface area (Å²) in [6.07, 6.45) is 0. The van der Waals surface area contributed by atoms with Crippen LogP contribution in [0.15, 0.2) is 46.9 Å². The van der Waals surface area contributed by atoms with Crippen LogP contribution in [-0.4, -0.2) is 13.7 Å².